The maximum Gasteiger partial charge on any atom is 0.248 e. The van der Waals surface area contributed by atoms with E-state index in [0.29, 0.717) is 0 Å². The zero-order valence-corrected chi connectivity index (χ0v) is 21.6. The molecule has 0 heterocycles. The van der Waals surface area contributed by atoms with E-state index in [-0.39, 0.29) is 11.3 Å². The van der Waals surface area contributed by atoms with Crippen molar-refractivity contribution in [2.75, 3.05) is 5.32 Å². The number of benzene rings is 1. The molecule has 1 amide bonds. The summed E-state index contributed by atoms with van der Waals surface area (Å²) in [6.45, 7) is 13.2. The maximum absolute atomic E-state index is 12.3. The Morgan fingerprint density at radius 1 is 1.06 bits per heavy atom. The lowest BCUT2D eigenvalue weighted by Gasteiger charge is -2.32. The van der Waals surface area contributed by atoms with Crippen molar-refractivity contribution in [1.82, 2.24) is 0 Å². The lowest BCUT2D eigenvalue weighted by Crippen LogP contribution is -2.19. The van der Waals surface area contributed by atoms with Crippen molar-refractivity contribution in [1.29, 1.82) is 0 Å². The zero-order valence-electron chi connectivity index (χ0n) is 21.6. The van der Waals surface area contributed by atoms with Gasteiger partial charge in [0.15, 0.2) is 0 Å². The molecule has 33 heavy (non-hydrogen) atoms. The molecule has 1 aliphatic rings. The van der Waals surface area contributed by atoms with E-state index in [9.17, 15) is 4.79 Å². The van der Waals surface area contributed by atoms with E-state index < -0.39 is 0 Å². The van der Waals surface area contributed by atoms with E-state index in [1.54, 1.807) is 6.08 Å². The Labute approximate surface area is 202 Å². The van der Waals surface area contributed by atoms with Gasteiger partial charge < -0.3 is 5.32 Å². The highest BCUT2D eigenvalue weighted by Gasteiger charge is 2.26. The van der Waals surface area contributed by atoms with E-state index in [2.05, 4.69) is 70.3 Å². The summed E-state index contributed by atoms with van der Waals surface area (Å²) >= 11 is 0. The van der Waals surface area contributed by atoms with Crippen LogP contribution in [0.25, 0.3) is 0 Å². The van der Waals surface area contributed by atoms with Crippen LogP contribution in [0.4, 0.5) is 5.69 Å². The van der Waals surface area contributed by atoms with Crippen molar-refractivity contribution in [3.05, 3.63) is 88.6 Å². The fourth-order valence-electron chi connectivity index (χ4n) is 4.40. The molecule has 0 radical (unpaired) electrons. The Bertz CT molecular complexity index is 936. The van der Waals surface area contributed by atoms with Gasteiger partial charge in [0, 0.05) is 11.8 Å². The van der Waals surface area contributed by atoms with E-state index >= 15 is 0 Å². The van der Waals surface area contributed by atoms with Crippen molar-refractivity contribution in [3.8, 4) is 0 Å². The summed E-state index contributed by atoms with van der Waals surface area (Å²) in [4.78, 5) is 12.3. The van der Waals surface area contributed by atoms with Gasteiger partial charge in [0.2, 0.25) is 5.91 Å². The summed E-state index contributed by atoms with van der Waals surface area (Å²) in [5.74, 6) is -0.0987. The molecule has 0 saturated carbocycles. The van der Waals surface area contributed by atoms with Crippen molar-refractivity contribution in [2.45, 2.75) is 86.5 Å². The molecule has 178 valence electrons. The summed E-state index contributed by atoms with van der Waals surface area (Å²) < 4.78 is 0. The number of hydrogen-bond acceptors (Lipinski definition) is 1. The molecule has 0 atom stereocenters. The average Bonchev–Trinajstić information content (AvgIpc) is 2.74. The fraction of sp³-hybridized carbons (Fsp3) is 0.452. The fourth-order valence-corrected chi connectivity index (χ4v) is 4.40. The van der Waals surface area contributed by atoms with Crippen LogP contribution in [-0.2, 0) is 11.2 Å². The van der Waals surface area contributed by atoms with E-state index in [0.717, 1.165) is 17.7 Å². The zero-order chi connectivity index (χ0) is 24.3. The van der Waals surface area contributed by atoms with Gasteiger partial charge in [0.05, 0.1) is 0 Å². The quantitative estimate of drug-likeness (QED) is 0.217. The molecule has 0 aliphatic heterocycles. The third kappa shape index (κ3) is 9.42. The molecule has 0 spiro atoms. The Morgan fingerprint density at radius 3 is 2.45 bits per heavy atom. The highest BCUT2D eigenvalue weighted by Crippen LogP contribution is 2.40. The maximum atomic E-state index is 12.3. The normalized spacial score (nSPS) is 17.3. The molecule has 2 nitrogen and oxygen atoms in total. The highest BCUT2D eigenvalue weighted by atomic mass is 16.1. The number of carbonyl (C=O) groups excluding carboxylic acids is 1. The lowest BCUT2D eigenvalue weighted by atomic mass is 9.72. The third-order valence-corrected chi connectivity index (χ3v) is 6.42. The number of hydrogen-bond donors (Lipinski definition) is 1. The van der Waals surface area contributed by atoms with E-state index in [4.69, 9.17) is 0 Å². The number of rotatable bonds is 10. The molecular formula is C31H43NO. The van der Waals surface area contributed by atoms with Crippen LogP contribution >= 0.6 is 0 Å². The Balaban J connectivity index is 1.89. The highest BCUT2D eigenvalue weighted by molar-refractivity contribution is 5.99. The molecule has 1 aromatic carbocycles. The molecule has 1 N–H and O–H groups in total. The number of aryl methyl sites for hydroxylation is 1. The first-order chi connectivity index (χ1) is 15.7. The van der Waals surface area contributed by atoms with Crippen LogP contribution in [0.1, 0.15) is 85.6 Å². The van der Waals surface area contributed by atoms with Crippen LogP contribution in [0, 0.1) is 5.41 Å². The SMILES string of the molecule is CCCCCc1ccc(NC(=O)C=C(C)C=CC=C(C)C=CC2=C(C)CCCC2(C)C)cc1. The molecule has 0 aromatic heterocycles. The predicted molar refractivity (Wildman–Crippen MR) is 144 cm³/mol. The minimum atomic E-state index is -0.0987. The van der Waals surface area contributed by atoms with Crippen LogP contribution in [-0.4, -0.2) is 5.91 Å². The van der Waals surface area contributed by atoms with Crippen LogP contribution in [0.3, 0.4) is 0 Å². The van der Waals surface area contributed by atoms with Crippen LogP contribution in [0.5, 0.6) is 0 Å². The van der Waals surface area contributed by atoms with E-state index in [1.165, 1.54) is 60.8 Å². The number of carbonyl (C=O) groups is 1. The largest absolute Gasteiger partial charge is 0.323 e. The number of nitrogens with one attached hydrogen (secondary N) is 1. The second-order valence-corrected chi connectivity index (χ2v) is 10.1. The summed E-state index contributed by atoms with van der Waals surface area (Å²) in [5, 5.41) is 2.95. The molecule has 1 aliphatic carbocycles. The van der Waals surface area contributed by atoms with Crippen LogP contribution in [0.2, 0.25) is 0 Å². The predicted octanol–water partition coefficient (Wildman–Crippen LogP) is 8.89. The van der Waals surface area contributed by atoms with Crippen LogP contribution < -0.4 is 5.32 Å². The van der Waals surface area contributed by atoms with Gasteiger partial charge in [0.25, 0.3) is 0 Å². The minimum absolute atomic E-state index is 0.0987. The van der Waals surface area contributed by atoms with Crippen molar-refractivity contribution in [2.24, 2.45) is 5.41 Å². The molecular weight excluding hydrogens is 402 g/mol. The van der Waals surface area contributed by atoms with Gasteiger partial charge in [-0.3, -0.25) is 4.79 Å². The first-order valence-corrected chi connectivity index (χ1v) is 12.5. The smallest absolute Gasteiger partial charge is 0.248 e. The van der Waals surface area contributed by atoms with Gasteiger partial charge >= 0.3 is 0 Å². The minimum Gasteiger partial charge on any atom is -0.323 e. The van der Waals surface area contributed by atoms with Crippen molar-refractivity contribution >= 4 is 11.6 Å². The summed E-state index contributed by atoms with van der Waals surface area (Å²) in [5.41, 5.74) is 7.54. The number of amides is 1. The van der Waals surface area contributed by atoms with Crippen LogP contribution in [0.15, 0.2) is 83.0 Å². The average molecular weight is 446 g/mol. The van der Waals surface area contributed by atoms with Gasteiger partial charge in [-0.2, -0.15) is 0 Å². The monoisotopic (exact) mass is 445 g/mol. The van der Waals surface area contributed by atoms with Gasteiger partial charge in [-0.25, -0.2) is 0 Å². The van der Waals surface area contributed by atoms with Crippen molar-refractivity contribution < 1.29 is 4.79 Å². The van der Waals surface area contributed by atoms with Gasteiger partial charge in [-0.15, -0.1) is 0 Å². The summed E-state index contributed by atoms with van der Waals surface area (Å²) in [7, 11) is 0. The van der Waals surface area contributed by atoms with Crippen molar-refractivity contribution in [3.63, 3.8) is 0 Å². The van der Waals surface area contributed by atoms with Gasteiger partial charge in [-0.05, 0) is 87.1 Å². The molecule has 0 fully saturated rings. The molecule has 2 rings (SSSR count). The third-order valence-electron chi connectivity index (χ3n) is 6.42. The molecule has 1 aromatic rings. The summed E-state index contributed by atoms with van der Waals surface area (Å²) in [6.07, 6.45) is 20.8. The second-order valence-electron chi connectivity index (χ2n) is 10.1. The number of unbranched alkanes of at least 4 members (excludes halogenated alkanes) is 2. The van der Waals surface area contributed by atoms with Gasteiger partial charge in [-0.1, -0.05) is 87.3 Å². The van der Waals surface area contributed by atoms with Gasteiger partial charge in [0.1, 0.15) is 0 Å². The first kappa shape index (κ1) is 26.6. The molecule has 0 unspecified atom stereocenters. The number of anilines is 1. The van der Waals surface area contributed by atoms with E-state index in [1.807, 2.05) is 31.2 Å². The molecule has 2 heteroatoms. The first-order valence-electron chi connectivity index (χ1n) is 12.5. The standard InChI is InChI=1S/C31H43NO/c1-7-8-9-15-27-17-19-28(20-18-27)32-30(33)23-25(3)13-10-12-24(2)16-21-29-26(4)14-11-22-31(29,5)6/h10,12-13,16-21,23H,7-9,11,14-15,22H2,1-6H3,(H,32,33). The summed E-state index contributed by atoms with van der Waals surface area (Å²) in [6, 6.07) is 8.19. The Morgan fingerprint density at radius 2 is 1.79 bits per heavy atom. The Kier molecular flexibility index (Phi) is 10.6. The molecule has 0 saturated heterocycles. The number of allylic oxidation sites excluding steroid dienone is 9. The Hall–Kier alpha value is -2.61. The lowest BCUT2D eigenvalue weighted by molar-refractivity contribution is -0.111. The topological polar surface area (TPSA) is 29.1 Å². The molecule has 0 bridgehead atoms. The second kappa shape index (κ2) is 13.2.